The molecule has 112 valence electrons. The van der Waals surface area contributed by atoms with E-state index in [4.69, 9.17) is 17.3 Å². The van der Waals surface area contributed by atoms with Crippen molar-refractivity contribution in [2.75, 3.05) is 18.9 Å². The first kappa shape index (κ1) is 17.2. The van der Waals surface area contributed by atoms with Crippen molar-refractivity contribution in [2.24, 2.45) is 0 Å². The van der Waals surface area contributed by atoms with E-state index in [1.54, 1.807) is 6.92 Å². The van der Waals surface area contributed by atoms with Gasteiger partial charge in [0.05, 0.1) is 0 Å². The molecule has 0 fully saturated rings. The number of carbonyl (C=O) groups is 1. The summed E-state index contributed by atoms with van der Waals surface area (Å²) in [5.74, 6) is 0. The van der Waals surface area contributed by atoms with Crippen LogP contribution in [0.25, 0.3) is 0 Å². The van der Waals surface area contributed by atoms with Gasteiger partial charge in [-0.1, -0.05) is 42.5 Å². The molecule has 0 radical (unpaired) electrons. The first-order valence-electron chi connectivity index (χ1n) is 6.76. The smallest absolute Gasteiger partial charge is 0.247 e. The van der Waals surface area contributed by atoms with Gasteiger partial charge >= 0.3 is 0 Å². The van der Waals surface area contributed by atoms with Crippen molar-refractivity contribution in [1.29, 1.82) is 0 Å². The number of nitrogen functional groups attached to an aromatic ring is 1. The van der Waals surface area contributed by atoms with Crippen LogP contribution in [-0.4, -0.2) is 18.5 Å². The minimum atomic E-state index is -0.443. The number of hydrogen-bond donors (Lipinski definition) is 1. The Morgan fingerprint density at radius 3 is 2.29 bits per heavy atom. The number of carbonyl (C=O) groups excluding carboxylic acids is 1. The van der Waals surface area contributed by atoms with Crippen LogP contribution in [0.1, 0.15) is 18.1 Å². The summed E-state index contributed by atoms with van der Waals surface area (Å²) in [4.78, 5) is 9.84. The molecule has 4 heteroatoms. The van der Waals surface area contributed by atoms with E-state index in [1.165, 1.54) is 11.1 Å². The van der Waals surface area contributed by atoms with Crippen molar-refractivity contribution in [3.05, 3.63) is 65.7 Å². The Bertz CT molecular complexity index is 543. The number of ether oxygens (including phenoxy) is 1. The number of halogens is 1. The molecular formula is C17H20ClNO2. The predicted octanol–water partition coefficient (Wildman–Crippen LogP) is 3.65. The van der Waals surface area contributed by atoms with Crippen molar-refractivity contribution in [1.82, 2.24) is 0 Å². The third-order valence-corrected chi connectivity index (χ3v) is 2.73. The van der Waals surface area contributed by atoms with Crippen LogP contribution in [0.15, 0.2) is 54.6 Å². The lowest BCUT2D eigenvalue weighted by molar-refractivity contribution is -0.115. The Morgan fingerprint density at radius 1 is 1.10 bits per heavy atom. The van der Waals surface area contributed by atoms with Crippen LogP contribution in [-0.2, 0) is 16.0 Å². The molecule has 0 unspecified atom stereocenters. The van der Waals surface area contributed by atoms with Gasteiger partial charge in [-0.05, 0) is 48.2 Å². The normalized spacial score (nSPS) is 9.62. The lowest BCUT2D eigenvalue weighted by Gasteiger charge is -2.02. The van der Waals surface area contributed by atoms with E-state index in [1.807, 2.05) is 24.3 Å². The second kappa shape index (κ2) is 9.97. The maximum absolute atomic E-state index is 9.84. The Kier molecular flexibility index (Phi) is 8.17. The number of nitrogens with two attached hydrogens (primary N) is 1. The summed E-state index contributed by atoms with van der Waals surface area (Å²) < 4.78 is 4.61. The summed E-state index contributed by atoms with van der Waals surface area (Å²) in [5, 5.41) is -0.443. The Morgan fingerprint density at radius 2 is 1.76 bits per heavy atom. The fraction of sp³-hybridized carbons (Fsp3) is 0.235. The van der Waals surface area contributed by atoms with Crippen LogP contribution in [0.5, 0.6) is 0 Å². The average Bonchev–Trinajstić information content (AvgIpc) is 2.47. The molecule has 3 nitrogen and oxygen atoms in total. The van der Waals surface area contributed by atoms with Crippen molar-refractivity contribution in [3.8, 4) is 0 Å². The van der Waals surface area contributed by atoms with E-state index in [0.717, 1.165) is 12.1 Å². The monoisotopic (exact) mass is 305 g/mol. The highest BCUT2D eigenvalue weighted by atomic mass is 35.5. The predicted molar refractivity (Wildman–Crippen MR) is 87.5 cm³/mol. The maximum Gasteiger partial charge on any atom is 0.247 e. The lowest BCUT2D eigenvalue weighted by Crippen LogP contribution is -1.99. The van der Waals surface area contributed by atoms with Gasteiger partial charge in [0.1, 0.15) is 6.61 Å². The van der Waals surface area contributed by atoms with Gasteiger partial charge in [0.15, 0.2) is 0 Å². The van der Waals surface area contributed by atoms with Gasteiger partial charge in [-0.2, -0.15) is 0 Å². The lowest BCUT2D eigenvalue weighted by atomic mass is 10.0. The van der Waals surface area contributed by atoms with E-state index in [2.05, 4.69) is 35.1 Å². The Hall–Kier alpha value is -1.84. The van der Waals surface area contributed by atoms with Crippen LogP contribution in [0.3, 0.4) is 0 Å². The summed E-state index contributed by atoms with van der Waals surface area (Å²) in [6.07, 6.45) is 0.950. The second-order valence-electron chi connectivity index (χ2n) is 4.40. The summed E-state index contributed by atoms with van der Waals surface area (Å²) in [6.45, 7) is 2.37. The minimum absolute atomic E-state index is 0.0258. The van der Waals surface area contributed by atoms with Crippen molar-refractivity contribution in [3.63, 3.8) is 0 Å². The summed E-state index contributed by atoms with van der Waals surface area (Å²) in [7, 11) is 0. The maximum atomic E-state index is 9.84. The molecule has 0 saturated heterocycles. The van der Waals surface area contributed by atoms with E-state index < -0.39 is 5.24 Å². The van der Waals surface area contributed by atoms with Gasteiger partial charge in [-0.3, -0.25) is 4.79 Å². The molecule has 0 saturated carbocycles. The molecule has 0 heterocycles. The first-order valence-corrected chi connectivity index (χ1v) is 7.14. The highest BCUT2D eigenvalue weighted by Crippen LogP contribution is 2.11. The van der Waals surface area contributed by atoms with E-state index in [0.29, 0.717) is 6.61 Å². The van der Waals surface area contributed by atoms with Gasteiger partial charge < -0.3 is 10.5 Å². The quantitative estimate of drug-likeness (QED) is 0.677. The van der Waals surface area contributed by atoms with Gasteiger partial charge in [0, 0.05) is 12.3 Å². The van der Waals surface area contributed by atoms with Crippen molar-refractivity contribution >= 4 is 22.5 Å². The highest BCUT2D eigenvalue weighted by Gasteiger charge is 1.95. The van der Waals surface area contributed by atoms with E-state index >= 15 is 0 Å². The topological polar surface area (TPSA) is 52.3 Å². The molecule has 0 bridgehead atoms. The standard InChI is InChI=1S/C13H13N.C4H7ClO2/c14-13-8-4-7-12(10-13)9-11-5-2-1-3-6-11;1-2-7-3-4(5)6/h1-8,10H,9,14H2;2-3H2,1H3. The van der Waals surface area contributed by atoms with Gasteiger partial charge in [-0.25, -0.2) is 0 Å². The average molecular weight is 306 g/mol. The third-order valence-electron chi connectivity index (χ3n) is 2.62. The molecule has 2 aromatic rings. The van der Waals surface area contributed by atoms with Crippen LogP contribution >= 0.6 is 11.6 Å². The summed E-state index contributed by atoms with van der Waals surface area (Å²) >= 11 is 4.89. The summed E-state index contributed by atoms with van der Waals surface area (Å²) in [5.41, 5.74) is 9.12. The number of rotatable bonds is 5. The zero-order valence-electron chi connectivity index (χ0n) is 12.1. The molecule has 0 aliphatic carbocycles. The van der Waals surface area contributed by atoms with E-state index in [-0.39, 0.29) is 6.61 Å². The van der Waals surface area contributed by atoms with Crippen LogP contribution in [0.4, 0.5) is 5.69 Å². The molecule has 2 rings (SSSR count). The van der Waals surface area contributed by atoms with Gasteiger partial charge in [0.2, 0.25) is 5.24 Å². The van der Waals surface area contributed by atoms with Crippen molar-refractivity contribution in [2.45, 2.75) is 13.3 Å². The number of hydrogen-bond acceptors (Lipinski definition) is 3. The SMILES string of the molecule is CCOCC(=O)Cl.Nc1cccc(Cc2ccccc2)c1. The molecule has 0 amide bonds. The molecule has 0 spiro atoms. The van der Waals surface area contributed by atoms with Crippen LogP contribution in [0.2, 0.25) is 0 Å². The molecular weight excluding hydrogens is 286 g/mol. The van der Waals surface area contributed by atoms with Gasteiger partial charge in [-0.15, -0.1) is 0 Å². The molecule has 2 N–H and O–H groups in total. The molecule has 21 heavy (non-hydrogen) atoms. The zero-order chi connectivity index (χ0) is 15.5. The zero-order valence-corrected chi connectivity index (χ0v) is 12.8. The van der Waals surface area contributed by atoms with E-state index in [9.17, 15) is 4.79 Å². The largest absolute Gasteiger partial charge is 0.399 e. The number of anilines is 1. The number of benzene rings is 2. The first-order chi connectivity index (χ1) is 10.1. The van der Waals surface area contributed by atoms with Crippen molar-refractivity contribution < 1.29 is 9.53 Å². The van der Waals surface area contributed by atoms with Crippen LogP contribution < -0.4 is 5.73 Å². The molecule has 0 atom stereocenters. The molecule has 2 aromatic carbocycles. The second-order valence-corrected chi connectivity index (χ2v) is 4.82. The summed E-state index contributed by atoms with van der Waals surface area (Å²) in [6, 6.07) is 18.4. The fourth-order valence-electron chi connectivity index (χ4n) is 1.72. The minimum Gasteiger partial charge on any atom is -0.399 e. The third kappa shape index (κ3) is 8.12. The van der Waals surface area contributed by atoms with Gasteiger partial charge in [0.25, 0.3) is 0 Å². The van der Waals surface area contributed by atoms with Crippen LogP contribution in [0, 0.1) is 0 Å². The highest BCUT2D eigenvalue weighted by molar-refractivity contribution is 6.63. The Labute approximate surface area is 130 Å². The molecule has 0 aliphatic heterocycles. The molecule has 0 aliphatic rings. The molecule has 0 aromatic heterocycles. The fourth-order valence-corrected chi connectivity index (χ4v) is 1.79. The Balaban J connectivity index is 0.000000270.